The summed E-state index contributed by atoms with van der Waals surface area (Å²) in [6.45, 7) is 2.65. The number of fused-ring (bicyclic) bond motifs is 5. The molecule has 17 N–H and O–H groups in total. The van der Waals surface area contributed by atoms with Crippen LogP contribution in [0.2, 0.25) is 0 Å². The topological polar surface area (TPSA) is 469 Å². The number of nitrogens with zero attached hydrogens (tertiary/aromatic N) is 3. The number of aromatic amines is 1. The summed E-state index contributed by atoms with van der Waals surface area (Å²) in [6, 6.07) is -7.57. The van der Waals surface area contributed by atoms with Crippen LogP contribution in [0.5, 0.6) is 5.75 Å². The van der Waals surface area contributed by atoms with E-state index in [2.05, 4.69) is 52.4 Å². The summed E-state index contributed by atoms with van der Waals surface area (Å²) in [5, 5.41) is 63.3. The molecular weight excluding hydrogens is 1100 g/mol. The minimum absolute atomic E-state index is 0.0173. The number of hydrogen-bond acceptors (Lipinski definition) is 19. The van der Waals surface area contributed by atoms with E-state index in [1.165, 1.54) is 19.1 Å². The van der Waals surface area contributed by atoms with Gasteiger partial charge in [-0.05, 0) is 30.0 Å². The second-order valence-corrected chi connectivity index (χ2v) is 22.3. The molecule has 32 heteroatoms. The molecule has 1 aromatic carbocycles. The number of benzene rings is 1. The maximum atomic E-state index is 15.2. The average Bonchev–Trinajstić information content (AvgIpc) is 4.25. The van der Waals surface area contributed by atoms with Gasteiger partial charge < -0.3 is 83.5 Å². The Hall–Kier alpha value is -7.36. The Bertz CT molecular complexity index is 2780. The second-order valence-electron chi connectivity index (χ2n) is 20.8. The molecule has 0 radical (unpaired) electrons. The summed E-state index contributed by atoms with van der Waals surface area (Å²) in [4.78, 5) is 163. The Balaban J connectivity index is 1.48. The first kappa shape index (κ1) is 63.8. The highest BCUT2D eigenvalue weighted by atomic mass is 32.2. The molecule has 4 aliphatic rings. The largest absolute Gasteiger partial charge is 0.508 e. The number of rotatable bonds is 15. The van der Waals surface area contributed by atoms with Crippen LogP contribution in [0.4, 0.5) is 0 Å². The van der Waals surface area contributed by atoms with Crippen LogP contribution >= 0.6 is 0 Å². The smallest absolute Gasteiger partial charge is 0.248 e. The fourth-order valence-corrected chi connectivity index (χ4v) is 11.5. The van der Waals surface area contributed by atoms with Crippen molar-refractivity contribution in [2.45, 2.75) is 119 Å². The van der Waals surface area contributed by atoms with Gasteiger partial charge >= 0.3 is 0 Å². The highest BCUT2D eigenvalue weighted by molar-refractivity contribution is 7.85. The lowest BCUT2D eigenvalue weighted by Gasteiger charge is -2.35. The third kappa shape index (κ3) is 16.2. The second kappa shape index (κ2) is 29.1. The lowest BCUT2D eigenvalue weighted by molar-refractivity contribution is -0.144. The lowest BCUT2D eigenvalue weighted by atomic mass is 9.93. The van der Waals surface area contributed by atoms with E-state index < -0.39 is 181 Å². The number of H-pyrrole nitrogens is 1. The summed E-state index contributed by atoms with van der Waals surface area (Å²) >= 11 is 0. The van der Waals surface area contributed by atoms with Crippen molar-refractivity contribution < 1.29 is 82.2 Å². The van der Waals surface area contributed by atoms with E-state index in [4.69, 9.17) is 11.6 Å². The molecule has 82 heavy (non-hydrogen) atoms. The first-order valence-electron chi connectivity index (χ1n) is 26.9. The van der Waals surface area contributed by atoms with Gasteiger partial charge in [-0.1, -0.05) is 27.2 Å². The molecule has 0 aliphatic carbocycles. The molecule has 2 bridgehead atoms. The van der Waals surface area contributed by atoms with E-state index in [1.807, 2.05) is 4.90 Å². The van der Waals surface area contributed by atoms with Crippen LogP contribution in [-0.4, -0.2) is 229 Å². The molecule has 11 amide bonds. The quantitative estimate of drug-likeness (QED) is 0.0582. The number of carbonyl (C=O) groups excluding carboxylic acids is 11. The van der Waals surface area contributed by atoms with Crippen molar-refractivity contribution in [2.24, 2.45) is 23.5 Å². The predicted octanol–water partition coefficient (Wildman–Crippen LogP) is -7.49. The SMILES string of the molecule is CC[C@H](C)[C@@H]1NC(=O)CNC(=O)[C@H]2Cc3c([nH]c4c(CN5CCN(C(=O)CCCNC(=O)CON)CC5)c(O)ccc34)S(=O)C[C@@H](NC(=O)CNC1=O)C(=O)N[C@@H](CC(N)=O)C(=O)N1C[C@H](O)C[C@H]1C(=O)N[C@@H]([C@H](C)[C@H](O)CO)C(=O)N2. The number of piperazine rings is 1. The summed E-state index contributed by atoms with van der Waals surface area (Å²) in [5.41, 5.74) is 5.99. The van der Waals surface area contributed by atoms with Crippen LogP contribution in [0.1, 0.15) is 64.0 Å². The van der Waals surface area contributed by atoms with Gasteiger partial charge in [0.15, 0.2) is 0 Å². The van der Waals surface area contributed by atoms with Crippen LogP contribution in [0.15, 0.2) is 17.2 Å². The van der Waals surface area contributed by atoms with Gasteiger partial charge in [0.1, 0.15) is 53.6 Å². The summed E-state index contributed by atoms with van der Waals surface area (Å²) < 4.78 is 15.2. The van der Waals surface area contributed by atoms with Crippen LogP contribution < -0.4 is 54.2 Å². The Kier molecular flexibility index (Phi) is 22.6. The first-order chi connectivity index (χ1) is 38.9. The van der Waals surface area contributed by atoms with Crippen molar-refractivity contribution >= 4 is 86.7 Å². The predicted molar refractivity (Wildman–Crippen MR) is 287 cm³/mol. The Morgan fingerprint density at radius 1 is 0.866 bits per heavy atom. The molecule has 1 aromatic heterocycles. The number of phenols is 1. The van der Waals surface area contributed by atoms with Gasteiger partial charge in [-0.15, -0.1) is 0 Å². The minimum Gasteiger partial charge on any atom is -0.508 e. The van der Waals surface area contributed by atoms with Crippen LogP contribution in [0.3, 0.4) is 0 Å². The number of aliphatic hydroxyl groups is 3. The molecule has 5 heterocycles. The Labute approximate surface area is 472 Å². The highest BCUT2D eigenvalue weighted by Crippen LogP contribution is 2.35. The van der Waals surface area contributed by atoms with Gasteiger partial charge in [-0.3, -0.25) is 66.7 Å². The number of aliphatic hydroxyl groups excluding tert-OH is 3. The van der Waals surface area contributed by atoms with Crippen molar-refractivity contribution in [1.82, 2.24) is 62.2 Å². The average molecular weight is 1180 g/mol. The molecule has 4 aliphatic heterocycles. The van der Waals surface area contributed by atoms with Crippen molar-refractivity contribution in [3.63, 3.8) is 0 Å². The molecule has 1 unspecified atom stereocenters. The van der Waals surface area contributed by atoms with E-state index in [0.29, 0.717) is 25.9 Å². The number of aromatic hydroxyl groups is 1. The minimum atomic E-state index is -2.51. The molecule has 452 valence electrons. The van der Waals surface area contributed by atoms with Crippen LogP contribution in [0.25, 0.3) is 10.9 Å². The van der Waals surface area contributed by atoms with Gasteiger partial charge in [-0.2, -0.15) is 0 Å². The number of aromatic nitrogens is 1. The van der Waals surface area contributed by atoms with Gasteiger partial charge in [-0.25, -0.2) is 5.90 Å². The molecule has 2 saturated heterocycles. The zero-order chi connectivity index (χ0) is 60.1. The van der Waals surface area contributed by atoms with Crippen molar-refractivity contribution in [3.05, 3.63) is 23.3 Å². The van der Waals surface area contributed by atoms with E-state index in [1.54, 1.807) is 18.7 Å². The molecule has 0 saturated carbocycles. The molecule has 11 atom stereocenters. The molecule has 2 fully saturated rings. The highest BCUT2D eigenvalue weighted by Gasteiger charge is 2.45. The number of nitrogens with two attached hydrogens (primary N) is 2. The van der Waals surface area contributed by atoms with Gasteiger partial charge in [0.25, 0.3) is 0 Å². The number of phenolic OH excluding ortho intramolecular Hbond substituents is 1. The maximum absolute atomic E-state index is 15.2. The van der Waals surface area contributed by atoms with Crippen molar-refractivity contribution in [1.29, 1.82) is 0 Å². The molecule has 31 nitrogen and oxygen atoms in total. The van der Waals surface area contributed by atoms with Gasteiger partial charge in [0.2, 0.25) is 65.0 Å². The molecule has 6 rings (SSSR count). The van der Waals surface area contributed by atoms with E-state index in [9.17, 15) is 73.2 Å². The monoisotopic (exact) mass is 1170 g/mol. The van der Waals surface area contributed by atoms with E-state index in [-0.39, 0.29) is 77.9 Å². The lowest BCUT2D eigenvalue weighted by Crippen LogP contribution is -2.62. The zero-order valence-corrected chi connectivity index (χ0v) is 46.5. The number of nitrogens with one attached hydrogen (secondary N) is 9. The summed E-state index contributed by atoms with van der Waals surface area (Å²) in [6.07, 6.45) is -4.21. The van der Waals surface area contributed by atoms with Gasteiger partial charge in [0, 0.05) is 81.9 Å². The fourth-order valence-electron chi connectivity index (χ4n) is 10.1. The normalized spacial score (nSPS) is 26.1. The molecular formula is C50H74N14O17S. The Morgan fingerprint density at radius 3 is 2.21 bits per heavy atom. The third-order valence-corrected chi connectivity index (χ3v) is 16.5. The standard InChI is InChI=1S/C50H74N14O17S/c1-4-24(2)41-47(77)55-17-37(70)56-32-23-82(80)49-28(27-7-8-34(67)29(43(27)61-49)20-62-10-12-63(13-11-62)40(73)6-5-9-53-39(72)22-81-52)15-30(44(74)54-18-38(71)59-41)57-48(78)42(25(3)35(68)21-65)60-46(76)33-14-26(66)19-64(33)50(79)31(16-36(51)69)58-45(32)75/h7-8,24-26,30-33,35,41-42,61,65-68H,4-6,9-23,52H2,1-3H3,(H2,51,69)(H,53,72)(H,54,74)(H,55,77)(H,56,70)(H,57,78)(H,58,75)(H,59,71)(H,60,76)/t24-,25+,26+,30+,31-,32+,33-,35+,41-,42-,82?/m0/s1. The number of amides is 11. The van der Waals surface area contributed by atoms with Crippen molar-refractivity contribution in [3.8, 4) is 5.75 Å². The van der Waals surface area contributed by atoms with Crippen LogP contribution in [-0.2, 0) is 81.3 Å². The third-order valence-electron chi connectivity index (χ3n) is 15.0. The van der Waals surface area contributed by atoms with Crippen molar-refractivity contribution in [2.75, 3.05) is 71.3 Å². The first-order valence-corrected chi connectivity index (χ1v) is 28.2. The summed E-state index contributed by atoms with van der Waals surface area (Å²) in [7, 11) is -2.51. The molecule has 0 spiro atoms. The fraction of sp³-hybridized carbons (Fsp3) is 0.620. The van der Waals surface area contributed by atoms with Crippen LogP contribution in [0, 0.1) is 11.8 Å². The van der Waals surface area contributed by atoms with E-state index in [0.717, 1.165) is 4.90 Å². The number of hydrogen-bond donors (Lipinski definition) is 15. The maximum Gasteiger partial charge on any atom is 0.248 e. The zero-order valence-electron chi connectivity index (χ0n) is 45.7. The molecule has 2 aromatic rings. The summed E-state index contributed by atoms with van der Waals surface area (Å²) in [5.74, 6) is -8.20. The number of carbonyl (C=O) groups is 11. The number of primary amides is 1. The van der Waals surface area contributed by atoms with Gasteiger partial charge in [0.05, 0.1) is 60.4 Å². The van der Waals surface area contributed by atoms with E-state index >= 15 is 4.21 Å². The Morgan fingerprint density at radius 2 is 1.55 bits per heavy atom.